The summed E-state index contributed by atoms with van der Waals surface area (Å²) in [6.07, 6.45) is 2.53. The summed E-state index contributed by atoms with van der Waals surface area (Å²) in [7, 11) is 0. The van der Waals surface area contributed by atoms with Crippen molar-refractivity contribution in [3.63, 3.8) is 0 Å². The van der Waals surface area contributed by atoms with Crippen molar-refractivity contribution in [3.8, 4) is 0 Å². The van der Waals surface area contributed by atoms with Crippen molar-refractivity contribution in [3.05, 3.63) is 33.9 Å². The molecule has 108 valence electrons. The van der Waals surface area contributed by atoms with E-state index in [9.17, 15) is 10.1 Å². The minimum absolute atomic E-state index is 0.0603. The molecule has 0 bridgehead atoms. The number of hydrogen-bond donors (Lipinski definition) is 2. The van der Waals surface area contributed by atoms with E-state index in [4.69, 9.17) is 9.84 Å². The van der Waals surface area contributed by atoms with Gasteiger partial charge in [-0.05, 0) is 25.3 Å². The average molecular weight is 278 g/mol. The topological polar surface area (TPSA) is 84.6 Å². The first kappa shape index (κ1) is 13.3. The van der Waals surface area contributed by atoms with E-state index in [-0.39, 0.29) is 29.4 Å². The van der Waals surface area contributed by atoms with E-state index in [1.807, 2.05) is 0 Å². The monoisotopic (exact) mass is 278 g/mol. The second-order valence-corrected chi connectivity index (χ2v) is 5.39. The lowest BCUT2D eigenvalue weighted by Gasteiger charge is -2.36. The Morgan fingerprint density at radius 3 is 3.10 bits per heavy atom. The second kappa shape index (κ2) is 5.38. The van der Waals surface area contributed by atoms with Crippen molar-refractivity contribution in [2.75, 3.05) is 18.5 Å². The van der Waals surface area contributed by atoms with E-state index >= 15 is 0 Å². The van der Waals surface area contributed by atoms with Gasteiger partial charge in [0, 0.05) is 48.6 Å². The van der Waals surface area contributed by atoms with Gasteiger partial charge in [-0.2, -0.15) is 0 Å². The molecule has 1 aromatic rings. The third-order valence-electron chi connectivity index (χ3n) is 4.22. The lowest BCUT2D eigenvalue weighted by Crippen LogP contribution is -2.36. The van der Waals surface area contributed by atoms with Gasteiger partial charge in [0.25, 0.3) is 5.69 Å². The molecule has 1 saturated heterocycles. The third kappa shape index (κ3) is 2.25. The van der Waals surface area contributed by atoms with Crippen LogP contribution in [0.15, 0.2) is 18.2 Å². The van der Waals surface area contributed by atoms with Crippen LogP contribution in [0.25, 0.3) is 0 Å². The van der Waals surface area contributed by atoms with Crippen molar-refractivity contribution in [2.45, 2.75) is 31.4 Å². The van der Waals surface area contributed by atoms with E-state index < -0.39 is 0 Å². The molecule has 6 nitrogen and oxygen atoms in total. The van der Waals surface area contributed by atoms with Gasteiger partial charge in [-0.1, -0.05) is 0 Å². The van der Waals surface area contributed by atoms with Crippen LogP contribution >= 0.6 is 0 Å². The first-order valence-corrected chi connectivity index (χ1v) is 6.98. The number of aliphatic hydroxyl groups excluding tert-OH is 1. The molecule has 2 N–H and O–H groups in total. The minimum Gasteiger partial charge on any atom is -0.396 e. The fourth-order valence-corrected chi connectivity index (χ4v) is 3.27. The lowest BCUT2D eigenvalue weighted by molar-refractivity contribution is -0.385. The summed E-state index contributed by atoms with van der Waals surface area (Å²) in [6.45, 7) is 0.873. The molecule has 1 aromatic carbocycles. The third-order valence-corrected chi connectivity index (χ3v) is 4.22. The minimum atomic E-state index is -0.373. The molecule has 0 amide bonds. The summed E-state index contributed by atoms with van der Waals surface area (Å²) >= 11 is 0. The van der Waals surface area contributed by atoms with Crippen LogP contribution in [0.3, 0.4) is 0 Å². The average Bonchev–Trinajstić information content (AvgIpc) is 2.94. The van der Waals surface area contributed by atoms with Crippen LogP contribution in [-0.4, -0.2) is 29.3 Å². The van der Waals surface area contributed by atoms with E-state index in [0.717, 1.165) is 30.5 Å². The zero-order valence-electron chi connectivity index (χ0n) is 11.1. The van der Waals surface area contributed by atoms with E-state index in [2.05, 4.69) is 5.32 Å². The number of nitrogens with one attached hydrogen (secondary N) is 1. The van der Waals surface area contributed by atoms with Gasteiger partial charge < -0.3 is 15.2 Å². The zero-order chi connectivity index (χ0) is 14.1. The van der Waals surface area contributed by atoms with Crippen LogP contribution in [0.5, 0.6) is 0 Å². The lowest BCUT2D eigenvalue weighted by atomic mass is 9.82. The number of anilines is 1. The molecule has 0 saturated carbocycles. The molecule has 0 aliphatic carbocycles. The van der Waals surface area contributed by atoms with Gasteiger partial charge >= 0.3 is 0 Å². The highest BCUT2D eigenvalue weighted by molar-refractivity contribution is 5.60. The maximum absolute atomic E-state index is 10.9. The number of nitro benzene ring substituents is 1. The number of nitro groups is 1. The Morgan fingerprint density at radius 1 is 1.50 bits per heavy atom. The predicted molar refractivity (Wildman–Crippen MR) is 73.6 cm³/mol. The van der Waals surface area contributed by atoms with Gasteiger partial charge in [-0.25, -0.2) is 0 Å². The fourth-order valence-electron chi connectivity index (χ4n) is 3.27. The van der Waals surface area contributed by atoms with Crippen molar-refractivity contribution >= 4 is 11.4 Å². The van der Waals surface area contributed by atoms with Crippen LogP contribution in [-0.2, 0) is 4.74 Å². The Balaban J connectivity index is 1.92. The Labute approximate surface area is 116 Å². The first-order valence-electron chi connectivity index (χ1n) is 6.98. The highest BCUT2D eigenvalue weighted by Gasteiger charge is 2.40. The molecule has 2 aliphatic heterocycles. The fraction of sp³-hybridized carbons (Fsp3) is 0.571. The Kier molecular flexibility index (Phi) is 3.58. The van der Waals surface area contributed by atoms with Crippen molar-refractivity contribution in [2.24, 2.45) is 5.92 Å². The standard InChI is InChI=1S/C14H18N2O4/c17-6-1-2-12-10-5-7-20-14(10)11-8-9(16(18)19)3-4-13(11)15-12/h3-4,8,10,12,14-15,17H,1-2,5-7H2/t10-,12?,14-/m0/s1. The quantitative estimate of drug-likeness (QED) is 0.651. The van der Waals surface area contributed by atoms with E-state index in [0.29, 0.717) is 12.5 Å². The summed E-state index contributed by atoms with van der Waals surface area (Å²) in [5, 5.41) is 23.4. The van der Waals surface area contributed by atoms with Crippen LogP contribution in [0.1, 0.15) is 30.9 Å². The Hall–Kier alpha value is -1.66. The number of aliphatic hydroxyl groups is 1. The number of hydrogen-bond acceptors (Lipinski definition) is 5. The number of benzene rings is 1. The summed E-state index contributed by atoms with van der Waals surface area (Å²) in [4.78, 5) is 10.5. The molecule has 3 atom stereocenters. The van der Waals surface area contributed by atoms with Gasteiger partial charge in [0.15, 0.2) is 0 Å². The van der Waals surface area contributed by atoms with Gasteiger partial charge in [0.1, 0.15) is 0 Å². The molecule has 3 rings (SSSR count). The summed E-state index contributed by atoms with van der Waals surface area (Å²) in [5.74, 6) is 0.330. The predicted octanol–water partition coefficient (Wildman–Crippen LogP) is 2.24. The summed E-state index contributed by atoms with van der Waals surface area (Å²) in [6, 6.07) is 5.17. The van der Waals surface area contributed by atoms with E-state index in [1.54, 1.807) is 12.1 Å². The first-order chi connectivity index (χ1) is 9.70. The van der Waals surface area contributed by atoms with E-state index in [1.165, 1.54) is 6.07 Å². The number of nitrogens with zero attached hydrogens (tertiary/aromatic N) is 1. The highest BCUT2D eigenvalue weighted by Crippen LogP contribution is 2.46. The maximum Gasteiger partial charge on any atom is 0.269 e. The van der Waals surface area contributed by atoms with Crippen molar-refractivity contribution < 1.29 is 14.8 Å². The molecule has 1 unspecified atom stereocenters. The SMILES string of the molecule is O=[N+]([O-])c1ccc2c(c1)[C@H]1OCC[C@H]1C(CCCO)N2. The van der Waals surface area contributed by atoms with Crippen LogP contribution in [0.4, 0.5) is 11.4 Å². The highest BCUT2D eigenvalue weighted by atomic mass is 16.6. The molecule has 6 heteroatoms. The van der Waals surface area contributed by atoms with Crippen molar-refractivity contribution in [1.82, 2.24) is 0 Å². The molecule has 2 heterocycles. The number of non-ortho nitro benzene ring substituents is 1. The summed E-state index contributed by atoms with van der Waals surface area (Å²) in [5.41, 5.74) is 1.91. The zero-order valence-corrected chi connectivity index (χ0v) is 11.1. The van der Waals surface area contributed by atoms with Crippen LogP contribution in [0, 0.1) is 16.0 Å². The molecular formula is C14H18N2O4. The molecular weight excluding hydrogens is 260 g/mol. The molecule has 2 aliphatic rings. The van der Waals surface area contributed by atoms with Gasteiger partial charge in [-0.3, -0.25) is 10.1 Å². The molecule has 0 aromatic heterocycles. The number of fused-ring (bicyclic) bond motifs is 3. The smallest absolute Gasteiger partial charge is 0.269 e. The number of ether oxygens (including phenoxy) is 1. The van der Waals surface area contributed by atoms with Crippen LogP contribution < -0.4 is 5.32 Å². The Bertz CT molecular complexity index is 520. The van der Waals surface area contributed by atoms with Crippen LogP contribution in [0.2, 0.25) is 0 Å². The molecule has 0 radical (unpaired) electrons. The normalized spacial score (nSPS) is 27.6. The molecule has 20 heavy (non-hydrogen) atoms. The van der Waals surface area contributed by atoms with Gasteiger partial charge in [0.2, 0.25) is 0 Å². The molecule has 1 fully saturated rings. The Morgan fingerprint density at radius 2 is 2.35 bits per heavy atom. The number of rotatable bonds is 4. The second-order valence-electron chi connectivity index (χ2n) is 5.39. The maximum atomic E-state index is 10.9. The summed E-state index contributed by atoms with van der Waals surface area (Å²) < 4.78 is 5.80. The van der Waals surface area contributed by atoms with Crippen molar-refractivity contribution in [1.29, 1.82) is 0 Å². The molecule has 0 spiro atoms. The largest absolute Gasteiger partial charge is 0.396 e. The van der Waals surface area contributed by atoms with Gasteiger partial charge in [0.05, 0.1) is 11.0 Å². The van der Waals surface area contributed by atoms with Gasteiger partial charge in [-0.15, -0.1) is 0 Å².